The van der Waals surface area contributed by atoms with Gasteiger partial charge in [-0.2, -0.15) is 5.10 Å². The lowest BCUT2D eigenvalue weighted by molar-refractivity contribution is 0.0891. The maximum atomic E-state index is 5.49. The van der Waals surface area contributed by atoms with Crippen molar-refractivity contribution < 1.29 is 4.74 Å². The number of nitrogens with zero attached hydrogens (tertiary/aromatic N) is 3. The van der Waals surface area contributed by atoms with Crippen molar-refractivity contribution in [2.24, 2.45) is 5.73 Å². The topological polar surface area (TPSA) is 64.3 Å². The highest BCUT2D eigenvalue weighted by atomic mass is 16.5. The van der Waals surface area contributed by atoms with E-state index in [0.29, 0.717) is 12.6 Å². The zero-order chi connectivity index (χ0) is 11.4. The van der Waals surface area contributed by atoms with E-state index in [2.05, 4.69) is 15.1 Å². The first kappa shape index (κ1) is 11.3. The molecule has 2 rings (SSSR count). The quantitative estimate of drug-likeness (QED) is 0.809. The van der Waals surface area contributed by atoms with E-state index in [-0.39, 0.29) is 0 Å². The monoisotopic (exact) mass is 222 g/mol. The van der Waals surface area contributed by atoms with Gasteiger partial charge >= 0.3 is 0 Å². The van der Waals surface area contributed by atoms with Crippen LogP contribution in [0.3, 0.4) is 0 Å². The number of hydrogen-bond acceptors (Lipinski definition) is 5. The number of hydrogen-bond donors (Lipinski definition) is 1. The molecule has 0 aliphatic carbocycles. The van der Waals surface area contributed by atoms with E-state index in [1.165, 1.54) is 0 Å². The number of nitrogens with two attached hydrogens (primary N) is 1. The molecule has 1 aliphatic heterocycles. The van der Waals surface area contributed by atoms with Gasteiger partial charge in [-0.1, -0.05) is 0 Å². The molecule has 0 amide bonds. The summed E-state index contributed by atoms with van der Waals surface area (Å²) in [4.78, 5) is 2.21. The molecule has 2 heterocycles. The van der Waals surface area contributed by atoms with Gasteiger partial charge in [-0.15, -0.1) is 5.10 Å². The minimum Gasteiger partial charge on any atom is -0.380 e. The molecule has 2 N–H and O–H groups in total. The first-order valence-corrected chi connectivity index (χ1v) is 5.64. The SMILES string of the molecule is COC1CCCN(c2ccc(CN)nn2)C1. The molecule has 1 saturated heterocycles. The highest BCUT2D eigenvalue weighted by Gasteiger charge is 2.20. The van der Waals surface area contributed by atoms with Crippen molar-refractivity contribution in [1.29, 1.82) is 0 Å². The van der Waals surface area contributed by atoms with E-state index in [0.717, 1.165) is 37.4 Å². The van der Waals surface area contributed by atoms with Crippen LogP contribution in [0.5, 0.6) is 0 Å². The largest absolute Gasteiger partial charge is 0.380 e. The third-order valence-corrected chi connectivity index (χ3v) is 2.95. The van der Waals surface area contributed by atoms with Crippen molar-refractivity contribution in [3.05, 3.63) is 17.8 Å². The smallest absolute Gasteiger partial charge is 0.151 e. The summed E-state index contributed by atoms with van der Waals surface area (Å²) in [7, 11) is 1.76. The molecule has 88 valence electrons. The summed E-state index contributed by atoms with van der Waals surface area (Å²) in [5.74, 6) is 0.916. The summed E-state index contributed by atoms with van der Waals surface area (Å²) >= 11 is 0. The summed E-state index contributed by atoms with van der Waals surface area (Å²) in [6, 6.07) is 3.91. The molecular weight excluding hydrogens is 204 g/mol. The van der Waals surface area contributed by atoms with Crippen LogP contribution in [0.2, 0.25) is 0 Å². The second kappa shape index (κ2) is 5.23. The van der Waals surface area contributed by atoms with Crippen LogP contribution in [0, 0.1) is 0 Å². The molecule has 1 aromatic heterocycles. The third-order valence-electron chi connectivity index (χ3n) is 2.95. The number of piperidine rings is 1. The maximum absolute atomic E-state index is 5.49. The van der Waals surface area contributed by atoms with Gasteiger partial charge in [-0.25, -0.2) is 0 Å². The Hall–Kier alpha value is -1.20. The van der Waals surface area contributed by atoms with Crippen LogP contribution >= 0.6 is 0 Å². The molecule has 0 saturated carbocycles. The van der Waals surface area contributed by atoms with Crippen molar-refractivity contribution in [1.82, 2.24) is 10.2 Å². The van der Waals surface area contributed by atoms with E-state index >= 15 is 0 Å². The predicted octanol–water partition coefficient (Wildman–Crippen LogP) is 0.550. The van der Waals surface area contributed by atoms with Crippen LogP contribution in [0.25, 0.3) is 0 Å². The van der Waals surface area contributed by atoms with E-state index < -0.39 is 0 Å². The van der Waals surface area contributed by atoms with E-state index in [4.69, 9.17) is 10.5 Å². The minimum atomic E-state index is 0.310. The lowest BCUT2D eigenvalue weighted by atomic mass is 10.1. The molecule has 16 heavy (non-hydrogen) atoms. The summed E-state index contributed by atoms with van der Waals surface area (Å²) in [5, 5.41) is 8.25. The van der Waals surface area contributed by atoms with Crippen LogP contribution in [-0.2, 0) is 11.3 Å². The average molecular weight is 222 g/mol. The van der Waals surface area contributed by atoms with Gasteiger partial charge < -0.3 is 15.4 Å². The molecule has 5 nitrogen and oxygen atoms in total. The van der Waals surface area contributed by atoms with Gasteiger partial charge in [0.25, 0.3) is 0 Å². The Morgan fingerprint density at radius 1 is 1.50 bits per heavy atom. The number of anilines is 1. The molecular formula is C11H18N4O. The summed E-state index contributed by atoms with van der Waals surface area (Å²) in [6.45, 7) is 2.36. The molecule has 1 fully saturated rings. The summed E-state index contributed by atoms with van der Waals surface area (Å²) in [5.41, 5.74) is 6.31. The molecule has 1 aromatic rings. The third kappa shape index (κ3) is 2.48. The Balaban J connectivity index is 2.05. The maximum Gasteiger partial charge on any atom is 0.151 e. The summed E-state index contributed by atoms with van der Waals surface area (Å²) in [6.07, 6.45) is 2.57. The van der Waals surface area contributed by atoms with Gasteiger partial charge in [0.2, 0.25) is 0 Å². The van der Waals surface area contributed by atoms with Crippen molar-refractivity contribution >= 4 is 5.82 Å². The molecule has 0 bridgehead atoms. The number of methoxy groups -OCH3 is 1. The van der Waals surface area contributed by atoms with Crippen LogP contribution in [0.15, 0.2) is 12.1 Å². The lowest BCUT2D eigenvalue weighted by Gasteiger charge is -2.32. The van der Waals surface area contributed by atoms with E-state index in [1.54, 1.807) is 7.11 Å². The molecule has 1 unspecified atom stereocenters. The van der Waals surface area contributed by atoms with Crippen LogP contribution in [0.1, 0.15) is 18.5 Å². The standard InChI is InChI=1S/C11H18N4O/c1-16-10-3-2-6-15(8-10)11-5-4-9(7-12)13-14-11/h4-5,10H,2-3,6-8,12H2,1H3. The number of rotatable bonds is 3. The van der Waals surface area contributed by atoms with E-state index in [9.17, 15) is 0 Å². The zero-order valence-corrected chi connectivity index (χ0v) is 9.59. The first-order chi connectivity index (χ1) is 7.83. The Bertz CT molecular complexity index is 327. The van der Waals surface area contributed by atoms with Gasteiger partial charge in [0.05, 0.1) is 11.8 Å². The predicted molar refractivity (Wildman–Crippen MR) is 62.2 cm³/mol. The van der Waals surface area contributed by atoms with Crippen LogP contribution in [-0.4, -0.2) is 36.5 Å². The van der Waals surface area contributed by atoms with Gasteiger partial charge in [-0.05, 0) is 25.0 Å². The van der Waals surface area contributed by atoms with Crippen molar-refractivity contribution in [3.63, 3.8) is 0 Å². The fourth-order valence-corrected chi connectivity index (χ4v) is 1.97. The van der Waals surface area contributed by atoms with Crippen molar-refractivity contribution in [3.8, 4) is 0 Å². The highest BCUT2D eigenvalue weighted by molar-refractivity contribution is 5.38. The molecule has 0 radical (unpaired) electrons. The molecule has 0 spiro atoms. The Morgan fingerprint density at radius 2 is 2.38 bits per heavy atom. The fourth-order valence-electron chi connectivity index (χ4n) is 1.97. The Kier molecular flexibility index (Phi) is 3.69. The number of aromatic nitrogens is 2. The molecule has 1 atom stereocenters. The Labute approximate surface area is 95.6 Å². The first-order valence-electron chi connectivity index (χ1n) is 5.64. The van der Waals surface area contributed by atoms with Gasteiger partial charge in [-0.3, -0.25) is 0 Å². The Morgan fingerprint density at radius 3 is 3.00 bits per heavy atom. The van der Waals surface area contributed by atoms with Gasteiger partial charge in [0.15, 0.2) is 5.82 Å². The van der Waals surface area contributed by atoms with Gasteiger partial charge in [0, 0.05) is 26.7 Å². The molecule has 0 aromatic carbocycles. The summed E-state index contributed by atoms with van der Waals surface area (Å²) < 4.78 is 5.38. The fraction of sp³-hybridized carbons (Fsp3) is 0.636. The van der Waals surface area contributed by atoms with Crippen LogP contribution in [0.4, 0.5) is 5.82 Å². The van der Waals surface area contributed by atoms with Crippen molar-refractivity contribution in [2.75, 3.05) is 25.1 Å². The molecule has 5 heteroatoms. The van der Waals surface area contributed by atoms with E-state index in [1.807, 2.05) is 12.1 Å². The number of ether oxygens (including phenoxy) is 1. The second-order valence-corrected chi connectivity index (χ2v) is 4.03. The van der Waals surface area contributed by atoms with Crippen molar-refractivity contribution in [2.45, 2.75) is 25.5 Å². The zero-order valence-electron chi connectivity index (χ0n) is 9.59. The normalized spacial score (nSPS) is 21.1. The lowest BCUT2D eigenvalue weighted by Crippen LogP contribution is -2.39. The second-order valence-electron chi connectivity index (χ2n) is 4.03. The highest BCUT2D eigenvalue weighted by Crippen LogP contribution is 2.18. The van der Waals surface area contributed by atoms with Gasteiger partial charge in [0.1, 0.15) is 0 Å². The average Bonchev–Trinajstić information content (AvgIpc) is 2.39. The minimum absolute atomic E-state index is 0.310. The van der Waals surface area contributed by atoms with Crippen LogP contribution < -0.4 is 10.6 Å². The molecule has 1 aliphatic rings.